The fourth-order valence-electron chi connectivity index (χ4n) is 2.95. The second-order valence-corrected chi connectivity index (χ2v) is 5.98. The van der Waals surface area contributed by atoms with E-state index in [1.54, 1.807) is 6.26 Å². The van der Waals surface area contributed by atoms with E-state index in [-0.39, 0.29) is 12.1 Å². The van der Waals surface area contributed by atoms with Crippen LogP contribution < -0.4 is 10.6 Å². The highest BCUT2D eigenvalue weighted by molar-refractivity contribution is 5.89. The van der Waals surface area contributed by atoms with Gasteiger partial charge in [-0.3, -0.25) is 4.90 Å². The van der Waals surface area contributed by atoms with Crippen molar-refractivity contribution in [1.82, 2.24) is 10.2 Å². The number of likely N-dealkylation sites (tertiary alicyclic amines) is 1. The Hall–Kier alpha value is -2.27. The molecule has 0 saturated carbocycles. The van der Waals surface area contributed by atoms with Crippen molar-refractivity contribution < 1.29 is 9.21 Å². The molecule has 2 N–H and O–H groups in total. The lowest BCUT2D eigenvalue weighted by Gasteiger charge is -2.26. The maximum absolute atomic E-state index is 12.1. The zero-order valence-electron chi connectivity index (χ0n) is 13.4. The number of hydrogen-bond donors (Lipinski definition) is 2. The van der Waals surface area contributed by atoms with Gasteiger partial charge in [-0.25, -0.2) is 4.79 Å². The zero-order chi connectivity index (χ0) is 16.1. The van der Waals surface area contributed by atoms with Gasteiger partial charge in [-0.2, -0.15) is 0 Å². The van der Waals surface area contributed by atoms with E-state index in [0.717, 1.165) is 24.5 Å². The van der Waals surface area contributed by atoms with Crippen molar-refractivity contribution >= 4 is 11.7 Å². The summed E-state index contributed by atoms with van der Waals surface area (Å²) in [5.41, 5.74) is 1.96. The van der Waals surface area contributed by atoms with Crippen LogP contribution in [0.15, 0.2) is 47.1 Å². The number of urea groups is 1. The van der Waals surface area contributed by atoms with Gasteiger partial charge in [0.05, 0.1) is 12.3 Å². The molecule has 0 unspecified atom stereocenters. The smallest absolute Gasteiger partial charge is 0.319 e. The summed E-state index contributed by atoms with van der Waals surface area (Å²) in [5.74, 6) is 0.905. The molecule has 5 nitrogen and oxygen atoms in total. The fraction of sp³-hybridized carbons (Fsp3) is 0.389. The second kappa shape index (κ2) is 7.33. The van der Waals surface area contributed by atoms with Gasteiger partial charge in [-0.05, 0) is 57.1 Å². The van der Waals surface area contributed by atoms with Crippen molar-refractivity contribution in [3.8, 4) is 0 Å². The third-order valence-corrected chi connectivity index (χ3v) is 4.22. The van der Waals surface area contributed by atoms with Gasteiger partial charge in [-0.15, -0.1) is 0 Å². The number of carbonyl (C=O) groups is 1. The maximum atomic E-state index is 12.1. The summed E-state index contributed by atoms with van der Waals surface area (Å²) in [4.78, 5) is 14.5. The molecule has 1 fully saturated rings. The van der Waals surface area contributed by atoms with E-state index in [9.17, 15) is 4.79 Å². The van der Waals surface area contributed by atoms with Gasteiger partial charge >= 0.3 is 6.03 Å². The average Bonchev–Trinajstić information content (AvgIpc) is 3.24. The van der Waals surface area contributed by atoms with Gasteiger partial charge < -0.3 is 15.1 Å². The van der Waals surface area contributed by atoms with Gasteiger partial charge in [0.25, 0.3) is 0 Å². The molecule has 0 aliphatic carbocycles. The molecule has 122 valence electrons. The lowest BCUT2D eigenvalue weighted by Crippen LogP contribution is -2.38. The predicted molar refractivity (Wildman–Crippen MR) is 90.5 cm³/mol. The number of hydrogen-bond acceptors (Lipinski definition) is 3. The molecule has 23 heavy (non-hydrogen) atoms. The average molecular weight is 313 g/mol. The van der Waals surface area contributed by atoms with Gasteiger partial charge in [0.15, 0.2) is 0 Å². The van der Waals surface area contributed by atoms with Crippen molar-refractivity contribution in [2.45, 2.75) is 25.8 Å². The van der Waals surface area contributed by atoms with E-state index in [2.05, 4.69) is 15.5 Å². The lowest BCUT2D eigenvalue weighted by atomic mass is 10.2. The fourth-order valence-corrected chi connectivity index (χ4v) is 2.95. The van der Waals surface area contributed by atoms with Crippen molar-refractivity contribution in [2.75, 3.05) is 25.0 Å². The molecule has 1 aromatic carbocycles. The van der Waals surface area contributed by atoms with Crippen LogP contribution in [0.25, 0.3) is 0 Å². The van der Waals surface area contributed by atoms with Crippen LogP contribution in [-0.4, -0.2) is 30.6 Å². The number of furan rings is 1. The molecule has 1 aliphatic rings. The van der Waals surface area contributed by atoms with Gasteiger partial charge in [0, 0.05) is 12.2 Å². The molecule has 5 heteroatoms. The van der Waals surface area contributed by atoms with Gasteiger partial charge in [-0.1, -0.05) is 17.7 Å². The molecular weight excluding hydrogens is 290 g/mol. The number of benzene rings is 1. The summed E-state index contributed by atoms with van der Waals surface area (Å²) >= 11 is 0. The van der Waals surface area contributed by atoms with Gasteiger partial charge in [0.1, 0.15) is 5.76 Å². The largest absolute Gasteiger partial charge is 0.468 e. The minimum Gasteiger partial charge on any atom is -0.468 e. The molecule has 1 aliphatic heterocycles. The molecule has 1 saturated heterocycles. The quantitative estimate of drug-likeness (QED) is 0.887. The molecule has 3 rings (SSSR count). The highest BCUT2D eigenvalue weighted by Crippen LogP contribution is 2.24. The molecule has 1 aromatic heterocycles. The van der Waals surface area contributed by atoms with Crippen LogP contribution in [0.5, 0.6) is 0 Å². The molecule has 2 amide bonds. The molecule has 0 spiro atoms. The Morgan fingerprint density at radius 1 is 1.22 bits per heavy atom. The van der Waals surface area contributed by atoms with Crippen LogP contribution in [0.2, 0.25) is 0 Å². The Balaban J connectivity index is 1.57. The Morgan fingerprint density at radius 3 is 2.61 bits per heavy atom. The normalized spacial score (nSPS) is 16.2. The van der Waals surface area contributed by atoms with Crippen LogP contribution in [0.1, 0.15) is 30.2 Å². The number of nitrogens with one attached hydrogen (secondary N) is 2. The highest BCUT2D eigenvalue weighted by Gasteiger charge is 2.25. The SMILES string of the molecule is Cc1ccc(NC(=O)NC[C@@H](c2ccco2)N2CCCC2)cc1. The second-order valence-electron chi connectivity index (χ2n) is 5.98. The highest BCUT2D eigenvalue weighted by atomic mass is 16.3. The van der Waals surface area contributed by atoms with Gasteiger partial charge in [0.2, 0.25) is 0 Å². The van der Waals surface area contributed by atoms with E-state index in [1.807, 2.05) is 43.3 Å². The standard InChI is InChI=1S/C18H23N3O2/c1-14-6-8-15(9-7-14)20-18(22)19-13-16(17-5-4-12-23-17)21-10-2-3-11-21/h4-9,12,16H,2-3,10-11,13H2,1H3,(H2,19,20,22)/t16-/m0/s1. The monoisotopic (exact) mass is 313 g/mol. The summed E-state index contributed by atoms with van der Waals surface area (Å²) < 4.78 is 5.56. The van der Waals surface area contributed by atoms with Crippen molar-refractivity contribution in [3.05, 3.63) is 54.0 Å². The van der Waals surface area contributed by atoms with E-state index in [0.29, 0.717) is 6.54 Å². The van der Waals surface area contributed by atoms with Crippen molar-refractivity contribution in [3.63, 3.8) is 0 Å². The van der Waals surface area contributed by atoms with Crippen LogP contribution in [0, 0.1) is 6.92 Å². The molecular formula is C18H23N3O2. The summed E-state index contributed by atoms with van der Waals surface area (Å²) in [6, 6.07) is 11.5. The lowest BCUT2D eigenvalue weighted by molar-refractivity contribution is 0.207. The first-order valence-corrected chi connectivity index (χ1v) is 8.11. The van der Waals surface area contributed by atoms with Crippen LogP contribution in [0.3, 0.4) is 0 Å². The molecule has 2 aromatic rings. The van der Waals surface area contributed by atoms with E-state index in [1.165, 1.54) is 18.4 Å². The first-order valence-electron chi connectivity index (χ1n) is 8.11. The Bertz CT molecular complexity index is 616. The summed E-state index contributed by atoms with van der Waals surface area (Å²) in [7, 11) is 0. The van der Waals surface area contributed by atoms with Crippen LogP contribution in [0.4, 0.5) is 10.5 Å². The zero-order valence-corrected chi connectivity index (χ0v) is 13.4. The number of amides is 2. The van der Waals surface area contributed by atoms with Crippen molar-refractivity contribution in [2.24, 2.45) is 0 Å². The minimum atomic E-state index is -0.190. The van der Waals surface area contributed by atoms with Crippen LogP contribution in [-0.2, 0) is 0 Å². The van der Waals surface area contributed by atoms with E-state index >= 15 is 0 Å². The molecule has 0 radical (unpaired) electrons. The number of aryl methyl sites for hydroxylation is 1. The number of rotatable bonds is 5. The van der Waals surface area contributed by atoms with Crippen molar-refractivity contribution in [1.29, 1.82) is 0 Å². The summed E-state index contributed by atoms with van der Waals surface area (Å²) in [6.45, 7) is 4.65. The first kappa shape index (κ1) is 15.6. The third kappa shape index (κ3) is 4.13. The Kier molecular flexibility index (Phi) is 4.98. The summed E-state index contributed by atoms with van der Waals surface area (Å²) in [6.07, 6.45) is 4.09. The third-order valence-electron chi connectivity index (χ3n) is 4.22. The van der Waals surface area contributed by atoms with E-state index in [4.69, 9.17) is 4.42 Å². The molecule has 2 heterocycles. The predicted octanol–water partition coefficient (Wildman–Crippen LogP) is 3.55. The molecule has 1 atom stereocenters. The first-order chi connectivity index (χ1) is 11.2. The number of anilines is 1. The number of nitrogens with zero attached hydrogens (tertiary/aromatic N) is 1. The Labute approximate surface area is 136 Å². The number of carbonyl (C=O) groups excluding carboxylic acids is 1. The minimum absolute atomic E-state index is 0.0938. The Morgan fingerprint density at radius 2 is 1.96 bits per heavy atom. The van der Waals surface area contributed by atoms with Crippen LogP contribution >= 0.6 is 0 Å². The molecule has 0 bridgehead atoms. The topological polar surface area (TPSA) is 57.5 Å². The van der Waals surface area contributed by atoms with E-state index < -0.39 is 0 Å². The maximum Gasteiger partial charge on any atom is 0.319 e. The summed E-state index contributed by atoms with van der Waals surface area (Å²) in [5, 5.41) is 5.82.